The second-order valence-corrected chi connectivity index (χ2v) is 7.19. The third-order valence-electron chi connectivity index (χ3n) is 5.05. The molecule has 1 aromatic heterocycles. The third-order valence-corrected chi connectivity index (χ3v) is 5.28. The van der Waals surface area contributed by atoms with Crippen LogP contribution in [0.3, 0.4) is 0 Å². The molecule has 1 aliphatic rings. The van der Waals surface area contributed by atoms with Gasteiger partial charge in [0.25, 0.3) is 0 Å². The van der Waals surface area contributed by atoms with E-state index in [1.54, 1.807) is 14.2 Å². The molecule has 1 fully saturated rings. The number of rotatable bonds is 6. The fraction of sp³-hybridized carbons (Fsp3) is 0.333. The van der Waals surface area contributed by atoms with E-state index in [-0.39, 0.29) is 6.04 Å². The van der Waals surface area contributed by atoms with Crippen LogP contribution in [0.25, 0.3) is 11.4 Å². The molecule has 1 unspecified atom stereocenters. The van der Waals surface area contributed by atoms with E-state index in [4.69, 9.17) is 25.6 Å². The Morgan fingerprint density at radius 3 is 2.86 bits per heavy atom. The maximum absolute atomic E-state index is 6.06. The quantitative estimate of drug-likeness (QED) is 0.596. The van der Waals surface area contributed by atoms with Gasteiger partial charge in [0.1, 0.15) is 11.5 Å². The minimum Gasteiger partial charge on any atom is -0.497 e. The topological polar surface area (TPSA) is 60.6 Å². The third kappa shape index (κ3) is 3.84. The zero-order valence-electron chi connectivity index (χ0n) is 15.9. The van der Waals surface area contributed by atoms with Crippen LogP contribution in [0.4, 0.5) is 0 Å². The molecule has 0 spiro atoms. The second-order valence-electron chi connectivity index (χ2n) is 6.76. The van der Waals surface area contributed by atoms with Crippen LogP contribution in [-0.4, -0.2) is 35.8 Å². The molecule has 1 atom stereocenters. The molecule has 7 heteroatoms. The summed E-state index contributed by atoms with van der Waals surface area (Å²) in [7, 11) is 3.37. The second kappa shape index (κ2) is 8.20. The van der Waals surface area contributed by atoms with Crippen molar-refractivity contribution in [2.45, 2.75) is 25.4 Å². The number of benzene rings is 2. The molecule has 1 aliphatic heterocycles. The summed E-state index contributed by atoms with van der Waals surface area (Å²) in [6.07, 6.45) is 2.14. The maximum Gasteiger partial charge on any atom is 0.241 e. The van der Waals surface area contributed by atoms with E-state index < -0.39 is 0 Å². The Bertz CT molecular complexity index is 960. The zero-order chi connectivity index (χ0) is 19.5. The first-order valence-electron chi connectivity index (χ1n) is 9.22. The predicted molar refractivity (Wildman–Crippen MR) is 107 cm³/mol. The minimum atomic E-state index is 0.214. The van der Waals surface area contributed by atoms with Crippen LogP contribution < -0.4 is 9.47 Å². The summed E-state index contributed by atoms with van der Waals surface area (Å²) in [5.74, 6) is 2.82. The highest BCUT2D eigenvalue weighted by Crippen LogP contribution is 2.39. The van der Waals surface area contributed by atoms with E-state index in [0.29, 0.717) is 23.3 Å². The van der Waals surface area contributed by atoms with Crippen molar-refractivity contribution in [3.05, 3.63) is 58.9 Å². The van der Waals surface area contributed by atoms with Gasteiger partial charge in [-0.25, -0.2) is 0 Å². The molecule has 6 nitrogen and oxygen atoms in total. The number of nitrogens with zero attached hydrogens (tertiary/aromatic N) is 3. The van der Waals surface area contributed by atoms with Gasteiger partial charge in [-0.2, -0.15) is 4.98 Å². The van der Waals surface area contributed by atoms with Crippen molar-refractivity contribution in [3.63, 3.8) is 0 Å². The zero-order valence-corrected chi connectivity index (χ0v) is 16.6. The van der Waals surface area contributed by atoms with Gasteiger partial charge in [-0.3, -0.25) is 4.90 Å². The first-order valence-corrected chi connectivity index (χ1v) is 9.60. The van der Waals surface area contributed by atoms with Crippen LogP contribution in [0.15, 0.2) is 47.0 Å². The number of hydrogen-bond donors (Lipinski definition) is 0. The van der Waals surface area contributed by atoms with Crippen molar-refractivity contribution in [2.75, 3.05) is 20.8 Å². The van der Waals surface area contributed by atoms with Gasteiger partial charge >= 0.3 is 0 Å². The maximum atomic E-state index is 6.06. The lowest BCUT2D eigenvalue weighted by Crippen LogP contribution is -2.23. The van der Waals surface area contributed by atoms with Crippen molar-refractivity contribution < 1.29 is 14.0 Å². The Balaban J connectivity index is 1.55. The molecular formula is C21H22ClN3O3. The van der Waals surface area contributed by atoms with Gasteiger partial charge in [-0.15, -0.1) is 0 Å². The van der Waals surface area contributed by atoms with Gasteiger partial charge in [0.05, 0.1) is 20.8 Å². The van der Waals surface area contributed by atoms with E-state index >= 15 is 0 Å². The van der Waals surface area contributed by atoms with Gasteiger partial charge in [0, 0.05) is 22.2 Å². The molecule has 1 saturated heterocycles. The average Bonchev–Trinajstić information content (AvgIpc) is 3.37. The molecule has 0 radical (unpaired) electrons. The molecule has 2 heterocycles. The predicted octanol–water partition coefficient (Wildman–Crippen LogP) is 4.74. The summed E-state index contributed by atoms with van der Waals surface area (Å²) in [4.78, 5) is 6.90. The van der Waals surface area contributed by atoms with Crippen molar-refractivity contribution in [1.82, 2.24) is 15.0 Å². The molecule has 0 amide bonds. The number of hydrogen-bond acceptors (Lipinski definition) is 6. The van der Waals surface area contributed by atoms with E-state index in [1.165, 1.54) is 0 Å². The van der Waals surface area contributed by atoms with Gasteiger partial charge in [-0.1, -0.05) is 28.9 Å². The smallest absolute Gasteiger partial charge is 0.241 e. The number of aromatic nitrogens is 2. The van der Waals surface area contributed by atoms with E-state index in [2.05, 4.69) is 15.0 Å². The van der Waals surface area contributed by atoms with Crippen molar-refractivity contribution in [1.29, 1.82) is 0 Å². The largest absolute Gasteiger partial charge is 0.497 e. The summed E-state index contributed by atoms with van der Waals surface area (Å²) >= 11 is 6.06. The van der Waals surface area contributed by atoms with E-state index in [1.807, 2.05) is 42.5 Å². The minimum absolute atomic E-state index is 0.214. The van der Waals surface area contributed by atoms with Crippen LogP contribution in [-0.2, 0) is 6.54 Å². The van der Waals surface area contributed by atoms with Crippen LogP contribution >= 0.6 is 11.6 Å². The summed E-state index contributed by atoms with van der Waals surface area (Å²) < 4.78 is 16.5. The van der Waals surface area contributed by atoms with Gasteiger partial charge in [-0.05, 0) is 49.7 Å². The first kappa shape index (κ1) is 18.8. The number of ether oxygens (including phenoxy) is 2. The fourth-order valence-corrected chi connectivity index (χ4v) is 3.90. The highest BCUT2D eigenvalue weighted by atomic mass is 35.5. The number of likely N-dealkylation sites (tertiary alicyclic amines) is 1. The first-order chi connectivity index (χ1) is 13.7. The van der Waals surface area contributed by atoms with Crippen molar-refractivity contribution in [2.24, 2.45) is 0 Å². The molecule has 0 saturated carbocycles. The summed E-state index contributed by atoms with van der Waals surface area (Å²) in [5, 5.41) is 4.76. The monoisotopic (exact) mass is 399 g/mol. The van der Waals surface area contributed by atoms with Gasteiger partial charge < -0.3 is 14.0 Å². The van der Waals surface area contributed by atoms with Crippen molar-refractivity contribution >= 4 is 11.6 Å². The molecule has 0 N–H and O–H groups in total. The lowest BCUT2D eigenvalue weighted by atomic mass is 10.0. The molecular weight excluding hydrogens is 378 g/mol. The SMILES string of the molecule is COc1ccc(OC)c(C2CCCN2Cc2nc(-c3cccc(Cl)c3)no2)c1. The summed E-state index contributed by atoms with van der Waals surface area (Å²) in [6, 6.07) is 13.6. The molecule has 2 aromatic carbocycles. The highest BCUT2D eigenvalue weighted by molar-refractivity contribution is 6.30. The molecule has 0 aliphatic carbocycles. The highest BCUT2D eigenvalue weighted by Gasteiger charge is 2.30. The Labute approximate surface area is 169 Å². The molecule has 146 valence electrons. The Hall–Kier alpha value is -2.57. The van der Waals surface area contributed by atoms with Crippen LogP contribution in [0, 0.1) is 0 Å². The van der Waals surface area contributed by atoms with Gasteiger partial charge in [0.2, 0.25) is 11.7 Å². The normalized spacial score (nSPS) is 17.0. The molecule has 4 rings (SSSR count). The Kier molecular flexibility index (Phi) is 5.50. The molecule has 28 heavy (non-hydrogen) atoms. The summed E-state index contributed by atoms with van der Waals surface area (Å²) in [5.41, 5.74) is 1.96. The van der Waals surface area contributed by atoms with Crippen LogP contribution in [0.1, 0.15) is 30.3 Å². The van der Waals surface area contributed by atoms with E-state index in [0.717, 1.165) is 42.0 Å². The van der Waals surface area contributed by atoms with Crippen LogP contribution in [0.2, 0.25) is 5.02 Å². The van der Waals surface area contributed by atoms with E-state index in [9.17, 15) is 0 Å². The average molecular weight is 400 g/mol. The Morgan fingerprint density at radius 1 is 1.18 bits per heavy atom. The lowest BCUT2D eigenvalue weighted by molar-refractivity contribution is 0.209. The summed E-state index contributed by atoms with van der Waals surface area (Å²) in [6.45, 7) is 1.54. The molecule has 0 bridgehead atoms. The van der Waals surface area contributed by atoms with Crippen molar-refractivity contribution in [3.8, 4) is 22.9 Å². The lowest BCUT2D eigenvalue weighted by Gasteiger charge is -2.25. The number of halogens is 1. The fourth-order valence-electron chi connectivity index (χ4n) is 3.71. The van der Waals surface area contributed by atoms with Gasteiger partial charge in [0.15, 0.2) is 0 Å². The van der Waals surface area contributed by atoms with Crippen LogP contribution in [0.5, 0.6) is 11.5 Å². The molecule has 3 aromatic rings. The Morgan fingerprint density at radius 2 is 2.07 bits per heavy atom. The standard InChI is InChI=1S/C21H22ClN3O3/c1-26-16-8-9-19(27-2)17(12-16)18-7-4-10-25(18)13-20-23-21(24-28-20)14-5-3-6-15(22)11-14/h3,5-6,8-9,11-12,18H,4,7,10,13H2,1-2H3. The number of methoxy groups -OCH3 is 2.